The lowest BCUT2D eigenvalue weighted by atomic mass is 10.1. The molecule has 1 atom stereocenters. The minimum Gasteiger partial charge on any atom is -0.424 e. The van der Waals surface area contributed by atoms with Crippen molar-refractivity contribution in [2.45, 2.75) is 19.9 Å². The molecule has 1 amide bonds. The molecular formula is C16H18ClFN4O2. The summed E-state index contributed by atoms with van der Waals surface area (Å²) in [4.78, 5) is 16.4. The van der Waals surface area contributed by atoms with E-state index < -0.39 is 5.82 Å². The maximum Gasteiger partial charge on any atom is 0.255 e. The number of carbonyl (C=O) groups excluding carboxylic acids is 1. The summed E-state index contributed by atoms with van der Waals surface area (Å²) in [7, 11) is 0. The lowest BCUT2D eigenvalue weighted by molar-refractivity contribution is 0.0557. The molecule has 1 aromatic heterocycles. The topological polar surface area (TPSA) is 62.5 Å². The van der Waals surface area contributed by atoms with Gasteiger partial charge in [0.1, 0.15) is 5.82 Å². The summed E-state index contributed by atoms with van der Waals surface area (Å²) >= 11 is 5.98. The fraction of sp³-hybridized carbons (Fsp3) is 0.438. The fourth-order valence-electron chi connectivity index (χ4n) is 2.78. The van der Waals surface area contributed by atoms with Crippen LogP contribution in [0.25, 0.3) is 0 Å². The molecule has 2 heterocycles. The fourth-order valence-corrected chi connectivity index (χ4v) is 3.03. The Morgan fingerprint density at radius 1 is 1.29 bits per heavy atom. The number of hydrogen-bond donors (Lipinski definition) is 0. The summed E-state index contributed by atoms with van der Waals surface area (Å²) in [6.07, 6.45) is 0. The van der Waals surface area contributed by atoms with Gasteiger partial charge < -0.3 is 9.32 Å². The van der Waals surface area contributed by atoms with Gasteiger partial charge in [-0.2, -0.15) is 0 Å². The number of nitrogens with zero attached hydrogens (tertiary/aromatic N) is 4. The summed E-state index contributed by atoms with van der Waals surface area (Å²) in [5, 5.41) is 8.04. The van der Waals surface area contributed by atoms with E-state index in [1.54, 1.807) is 11.8 Å². The summed E-state index contributed by atoms with van der Waals surface area (Å²) < 4.78 is 18.6. The Bertz CT molecular complexity index is 743. The van der Waals surface area contributed by atoms with Gasteiger partial charge in [-0.3, -0.25) is 9.69 Å². The zero-order valence-corrected chi connectivity index (χ0v) is 14.3. The molecule has 0 radical (unpaired) electrons. The third-order valence-corrected chi connectivity index (χ3v) is 4.52. The maximum atomic E-state index is 13.1. The van der Waals surface area contributed by atoms with E-state index >= 15 is 0 Å². The number of aryl methyl sites for hydroxylation is 1. The Morgan fingerprint density at radius 3 is 2.58 bits per heavy atom. The van der Waals surface area contributed by atoms with Gasteiger partial charge in [0.15, 0.2) is 0 Å². The third-order valence-electron chi connectivity index (χ3n) is 4.21. The van der Waals surface area contributed by atoms with Gasteiger partial charge in [-0.25, -0.2) is 4.39 Å². The number of aromatic nitrogens is 2. The zero-order valence-electron chi connectivity index (χ0n) is 13.5. The van der Waals surface area contributed by atoms with Crippen LogP contribution in [0.5, 0.6) is 0 Å². The van der Waals surface area contributed by atoms with Gasteiger partial charge in [-0.05, 0) is 25.1 Å². The van der Waals surface area contributed by atoms with Gasteiger partial charge in [0.05, 0.1) is 16.6 Å². The van der Waals surface area contributed by atoms with Crippen molar-refractivity contribution >= 4 is 17.5 Å². The first-order chi connectivity index (χ1) is 11.5. The molecule has 1 aromatic carbocycles. The highest BCUT2D eigenvalue weighted by atomic mass is 35.5. The zero-order chi connectivity index (χ0) is 17.3. The molecule has 1 aliphatic rings. The Labute approximate surface area is 144 Å². The van der Waals surface area contributed by atoms with Crippen molar-refractivity contribution < 1.29 is 13.6 Å². The van der Waals surface area contributed by atoms with Gasteiger partial charge in [-0.1, -0.05) is 11.6 Å². The van der Waals surface area contributed by atoms with Crippen LogP contribution in [-0.4, -0.2) is 52.1 Å². The molecular weight excluding hydrogens is 335 g/mol. The smallest absolute Gasteiger partial charge is 0.255 e. The Kier molecular flexibility index (Phi) is 4.82. The Balaban J connectivity index is 1.63. The van der Waals surface area contributed by atoms with E-state index in [2.05, 4.69) is 15.1 Å². The third kappa shape index (κ3) is 3.42. The monoisotopic (exact) mass is 352 g/mol. The number of halogens is 2. The highest BCUT2D eigenvalue weighted by molar-refractivity contribution is 6.33. The van der Waals surface area contributed by atoms with Crippen molar-refractivity contribution in [3.63, 3.8) is 0 Å². The van der Waals surface area contributed by atoms with Crippen molar-refractivity contribution in [2.75, 3.05) is 26.2 Å². The second-order valence-electron chi connectivity index (χ2n) is 5.79. The van der Waals surface area contributed by atoms with Crippen molar-refractivity contribution in [2.24, 2.45) is 0 Å². The standard InChI is InChI=1S/C16H18ClFN4O2/c1-10(15-20-19-11(2)24-15)21-5-7-22(8-6-21)16(23)13-4-3-12(18)9-14(13)17/h3-4,9-10H,5-8H2,1-2H3/t10-/m1/s1. The largest absolute Gasteiger partial charge is 0.424 e. The number of hydrogen-bond acceptors (Lipinski definition) is 5. The molecule has 0 saturated carbocycles. The number of rotatable bonds is 3. The van der Waals surface area contributed by atoms with Crippen LogP contribution in [0.2, 0.25) is 5.02 Å². The lowest BCUT2D eigenvalue weighted by Gasteiger charge is -2.37. The molecule has 0 unspecified atom stereocenters. The van der Waals surface area contributed by atoms with Crippen LogP contribution in [-0.2, 0) is 0 Å². The van der Waals surface area contributed by atoms with E-state index in [1.165, 1.54) is 12.1 Å². The molecule has 1 saturated heterocycles. The minimum atomic E-state index is -0.454. The maximum absolute atomic E-state index is 13.1. The molecule has 24 heavy (non-hydrogen) atoms. The van der Waals surface area contributed by atoms with Crippen LogP contribution in [0, 0.1) is 12.7 Å². The van der Waals surface area contributed by atoms with E-state index in [4.69, 9.17) is 16.0 Å². The number of carbonyl (C=O) groups is 1. The normalized spacial score (nSPS) is 17.1. The van der Waals surface area contributed by atoms with Gasteiger partial charge >= 0.3 is 0 Å². The average Bonchev–Trinajstić information content (AvgIpc) is 3.00. The predicted octanol–water partition coefficient (Wildman–Crippen LogP) is 2.69. The first kappa shape index (κ1) is 16.9. The quantitative estimate of drug-likeness (QED) is 0.849. The average molecular weight is 353 g/mol. The molecule has 0 N–H and O–H groups in total. The molecule has 1 fully saturated rings. The van der Waals surface area contributed by atoms with E-state index in [0.29, 0.717) is 43.5 Å². The van der Waals surface area contributed by atoms with E-state index in [1.807, 2.05) is 6.92 Å². The molecule has 0 aliphatic carbocycles. The van der Waals surface area contributed by atoms with Crippen molar-refractivity contribution in [3.05, 3.63) is 46.4 Å². The molecule has 0 bridgehead atoms. The van der Waals surface area contributed by atoms with Crippen molar-refractivity contribution in [3.8, 4) is 0 Å². The predicted molar refractivity (Wildman–Crippen MR) is 86.3 cm³/mol. The van der Waals surface area contributed by atoms with E-state index in [9.17, 15) is 9.18 Å². The van der Waals surface area contributed by atoms with Crippen molar-refractivity contribution in [1.29, 1.82) is 0 Å². The number of amides is 1. The van der Waals surface area contributed by atoms with Crippen LogP contribution in [0.3, 0.4) is 0 Å². The van der Waals surface area contributed by atoms with Gasteiger partial charge in [0.25, 0.3) is 5.91 Å². The summed E-state index contributed by atoms with van der Waals surface area (Å²) in [6.45, 7) is 6.25. The number of benzene rings is 1. The second kappa shape index (κ2) is 6.86. The van der Waals surface area contributed by atoms with Gasteiger partial charge in [0, 0.05) is 33.1 Å². The first-order valence-electron chi connectivity index (χ1n) is 7.74. The molecule has 1 aliphatic heterocycles. The van der Waals surface area contributed by atoms with Crippen molar-refractivity contribution in [1.82, 2.24) is 20.0 Å². The molecule has 6 nitrogen and oxygen atoms in total. The summed E-state index contributed by atoms with van der Waals surface area (Å²) in [5.41, 5.74) is 0.326. The number of piperazine rings is 1. The summed E-state index contributed by atoms with van der Waals surface area (Å²) in [6, 6.07) is 3.83. The SMILES string of the molecule is Cc1nnc([C@@H](C)N2CCN(C(=O)c3ccc(F)cc3Cl)CC2)o1. The van der Waals surface area contributed by atoms with E-state index in [-0.39, 0.29) is 17.0 Å². The molecule has 128 valence electrons. The molecule has 8 heteroatoms. The van der Waals surface area contributed by atoms with Gasteiger partial charge in [-0.15, -0.1) is 10.2 Å². The van der Waals surface area contributed by atoms with E-state index in [0.717, 1.165) is 6.07 Å². The van der Waals surface area contributed by atoms with Crippen LogP contribution >= 0.6 is 11.6 Å². The Morgan fingerprint density at radius 2 is 2.00 bits per heavy atom. The highest BCUT2D eigenvalue weighted by Crippen LogP contribution is 2.23. The lowest BCUT2D eigenvalue weighted by Crippen LogP contribution is -2.49. The molecule has 2 aromatic rings. The minimum absolute atomic E-state index is 0.00198. The highest BCUT2D eigenvalue weighted by Gasteiger charge is 2.28. The second-order valence-corrected chi connectivity index (χ2v) is 6.19. The van der Waals surface area contributed by atoms with Crippen LogP contribution in [0.15, 0.2) is 22.6 Å². The van der Waals surface area contributed by atoms with Crippen LogP contribution < -0.4 is 0 Å². The Hall–Kier alpha value is -1.99. The first-order valence-corrected chi connectivity index (χ1v) is 8.12. The van der Waals surface area contributed by atoms with Crippen LogP contribution in [0.1, 0.15) is 35.1 Å². The molecule has 0 spiro atoms. The summed E-state index contributed by atoms with van der Waals surface area (Å²) in [5.74, 6) is 0.483. The molecule has 3 rings (SSSR count). The van der Waals surface area contributed by atoms with Gasteiger partial charge in [0.2, 0.25) is 11.8 Å². The van der Waals surface area contributed by atoms with Crippen LogP contribution in [0.4, 0.5) is 4.39 Å².